The Labute approximate surface area is 248 Å². The maximum Gasteiger partial charge on any atom is 0.338 e. The molecule has 1 aliphatic heterocycles. The van der Waals surface area contributed by atoms with Gasteiger partial charge in [0.15, 0.2) is 4.80 Å². The normalized spacial score (nSPS) is 14.7. The molecule has 10 heteroatoms. The molecule has 0 unspecified atom stereocenters. The molecule has 1 atom stereocenters. The van der Waals surface area contributed by atoms with Gasteiger partial charge in [0.2, 0.25) is 0 Å². The van der Waals surface area contributed by atoms with Crippen LogP contribution in [-0.4, -0.2) is 30.2 Å². The smallest absolute Gasteiger partial charge is 0.338 e. The highest BCUT2D eigenvalue weighted by Crippen LogP contribution is 2.36. The second-order valence-corrected chi connectivity index (χ2v) is 10.9. The highest BCUT2D eigenvalue weighted by molar-refractivity contribution is 9.10. The zero-order valence-corrected chi connectivity index (χ0v) is 24.8. The highest BCUT2D eigenvalue weighted by atomic mass is 79.9. The monoisotopic (exact) mass is 632 g/mol. The molecule has 4 aromatic rings. The van der Waals surface area contributed by atoms with Gasteiger partial charge in [-0.15, -0.1) is 0 Å². The van der Waals surface area contributed by atoms with Crippen LogP contribution in [0.4, 0.5) is 0 Å². The van der Waals surface area contributed by atoms with Crippen LogP contribution in [0.3, 0.4) is 0 Å². The summed E-state index contributed by atoms with van der Waals surface area (Å²) >= 11 is 4.65. The summed E-state index contributed by atoms with van der Waals surface area (Å²) in [5, 5.41) is 0. The van der Waals surface area contributed by atoms with E-state index in [1.807, 2.05) is 42.5 Å². The molecule has 5 rings (SSSR count). The third-order valence-electron chi connectivity index (χ3n) is 6.29. The number of thiazole rings is 1. The van der Waals surface area contributed by atoms with Gasteiger partial charge in [-0.2, -0.15) is 0 Å². The third-order valence-corrected chi connectivity index (χ3v) is 7.89. The number of halogens is 1. The van der Waals surface area contributed by atoms with E-state index < -0.39 is 18.0 Å². The van der Waals surface area contributed by atoms with Crippen LogP contribution in [0.25, 0.3) is 11.8 Å². The van der Waals surface area contributed by atoms with E-state index in [1.54, 1.807) is 50.4 Å². The number of aromatic nitrogens is 1. The molecule has 0 amide bonds. The fourth-order valence-electron chi connectivity index (χ4n) is 4.56. The number of esters is 2. The Morgan fingerprint density at radius 3 is 2.54 bits per heavy atom. The van der Waals surface area contributed by atoms with Gasteiger partial charge in [-0.1, -0.05) is 59.9 Å². The van der Waals surface area contributed by atoms with Crippen molar-refractivity contribution in [3.8, 4) is 11.5 Å². The number of fused-ring (bicyclic) bond motifs is 1. The van der Waals surface area contributed by atoms with Crippen molar-refractivity contribution in [2.24, 2.45) is 4.99 Å². The van der Waals surface area contributed by atoms with Gasteiger partial charge >= 0.3 is 11.9 Å². The third kappa shape index (κ3) is 5.79. The van der Waals surface area contributed by atoms with Crippen molar-refractivity contribution in [1.29, 1.82) is 0 Å². The van der Waals surface area contributed by atoms with Gasteiger partial charge in [-0.3, -0.25) is 14.2 Å². The first-order valence-corrected chi connectivity index (χ1v) is 14.3. The van der Waals surface area contributed by atoms with Crippen LogP contribution >= 0.6 is 27.3 Å². The van der Waals surface area contributed by atoms with Crippen LogP contribution in [0.1, 0.15) is 36.6 Å². The molecule has 0 saturated carbocycles. The van der Waals surface area contributed by atoms with Gasteiger partial charge in [0.05, 0.1) is 40.0 Å². The number of nitrogens with zero attached hydrogens (tertiary/aromatic N) is 2. The van der Waals surface area contributed by atoms with Crippen LogP contribution in [0.2, 0.25) is 0 Å². The van der Waals surface area contributed by atoms with Crippen molar-refractivity contribution < 1.29 is 23.8 Å². The van der Waals surface area contributed by atoms with Crippen molar-refractivity contribution in [2.45, 2.75) is 19.9 Å². The standard InChI is InChI=1S/C31H25BrN2O6S/c1-4-39-30(37)26-27(20-9-6-5-7-10-20)33-31-34(28(26)21-11-8-12-22(17-21)38-3)29(36)25(41-31)16-19-13-14-24(23(32)15-19)40-18(2)35/h5-17,28H,4H2,1-3H3/b25-16-/t28-/m0/s1. The first kappa shape index (κ1) is 28.3. The Morgan fingerprint density at radius 2 is 1.85 bits per heavy atom. The second kappa shape index (κ2) is 12.1. The van der Waals surface area contributed by atoms with Gasteiger partial charge in [0.1, 0.15) is 11.5 Å². The molecule has 2 heterocycles. The number of hydrogen-bond donors (Lipinski definition) is 0. The summed E-state index contributed by atoms with van der Waals surface area (Å²) in [6.45, 7) is 3.23. The quantitative estimate of drug-likeness (QED) is 0.218. The van der Waals surface area contributed by atoms with E-state index in [9.17, 15) is 14.4 Å². The largest absolute Gasteiger partial charge is 0.497 e. The lowest BCUT2D eigenvalue weighted by Gasteiger charge is -2.26. The van der Waals surface area contributed by atoms with Gasteiger partial charge in [-0.05, 0) is 64.3 Å². The predicted molar refractivity (Wildman–Crippen MR) is 160 cm³/mol. The Bertz CT molecular complexity index is 1860. The van der Waals surface area contributed by atoms with Gasteiger partial charge in [0, 0.05) is 12.5 Å². The molecule has 0 spiro atoms. The van der Waals surface area contributed by atoms with Crippen molar-refractivity contribution in [1.82, 2.24) is 4.57 Å². The van der Waals surface area contributed by atoms with Crippen molar-refractivity contribution in [2.75, 3.05) is 13.7 Å². The molecule has 0 bridgehead atoms. The SMILES string of the molecule is CCOC(=O)C1=C(c2ccccc2)N=c2s/c(=C\c3ccc(OC(C)=O)c(Br)c3)c(=O)n2[C@H]1c1cccc(OC)c1. The first-order valence-electron chi connectivity index (χ1n) is 12.7. The topological polar surface area (TPSA) is 96.2 Å². The van der Waals surface area contributed by atoms with E-state index in [0.717, 1.165) is 5.56 Å². The molecular formula is C31H25BrN2O6S. The minimum Gasteiger partial charge on any atom is -0.497 e. The van der Waals surface area contributed by atoms with E-state index in [2.05, 4.69) is 15.9 Å². The summed E-state index contributed by atoms with van der Waals surface area (Å²) in [7, 11) is 1.56. The van der Waals surface area contributed by atoms with Crippen molar-refractivity contribution >= 4 is 51.0 Å². The van der Waals surface area contributed by atoms with Gasteiger partial charge < -0.3 is 14.2 Å². The van der Waals surface area contributed by atoms with Gasteiger partial charge in [-0.25, -0.2) is 9.79 Å². The highest BCUT2D eigenvalue weighted by Gasteiger charge is 2.35. The number of benzene rings is 3. The summed E-state index contributed by atoms with van der Waals surface area (Å²) in [5.41, 5.74) is 2.51. The molecule has 41 heavy (non-hydrogen) atoms. The van der Waals surface area contributed by atoms with Crippen LogP contribution in [0, 0.1) is 0 Å². The average Bonchev–Trinajstić information content (AvgIpc) is 3.28. The zero-order valence-electron chi connectivity index (χ0n) is 22.4. The van der Waals surface area contributed by atoms with Crippen LogP contribution < -0.4 is 24.4 Å². The van der Waals surface area contributed by atoms with Crippen molar-refractivity contribution in [3.63, 3.8) is 0 Å². The molecule has 0 fully saturated rings. The Kier molecular flexibility index (Phi) is 8.32. The summed E-state index contributed by atoms with van der Waals surface area (Å²) in [6.07, 6.45) is 1.74. The van der Waals surface area contributed by atoms with E-state index in [0.29, 0.717) is 42.1 Å². The average molecular weight is 634 g/mol. The maximum absolute atomic E-state index is 14.0. The number of hydrogen-bond acceptors (Lipinski definition) is 8. The van der Waals surface area contributed by atoms with E-state index in [-0.39, 0.29) is 17.7 Å². The summed E-state index contributed by atoms with van der Waals surface area (Å²) in [4.78, 5) is 44.2. The zero-order chi connectivity index (χ0) is 29.1. The molecule has 3 aromatic carbocycles. The number of carbonyl (C=O) groups excluding carboxylic acids is 2. The fourth-order valence-corrected chi connectivity index (χ4v) is 6.04. The predicted octanol–water partition coefficient (Wildman–Crippen LogP) is 4.63. The molecule has 208 valence electrons. The lowest BCUT2D eigenvalue weighted by atomic mass is 9.93. The Balaban J connectivity index is 1.77. The minimum absolute atomic E-state index is 0.165. The number of carbonyl (C=O) groups is 2. The molecule has 1 aromatic heterocycles. The molecular weight excluding hydrogens is 608 g/mol. The summed E-state index contributed by atoms with van der Waals surface area (Å²) < 4.78 is 18.7. The van der Waals surface area contributed by atoms with Crippen molar-refractivity contribution in [3.05, 3.63) is 119 Å². The summed E-state index contributed by atoms with van der Waals surface area (Å²) in [5.74, 6) is -0.0253. The molecule has 0 N–H and O–H groups in total. The lowest BCUT2D eigenvalue weighted by Crippen LogP contribution is -2.40. The fraction of sp³-hybridized carbons (Fsp3) is 0.161. The Hall–Kier alpha value is -4.28. The van der Waals surface area contributed by atoms with E-state index in [4.69, 9.17) is 19.2 Å². The van der Waals surface area contributed by atoms with Crippen LogP contribution in [0.5, 0.6) is 11.5 Å². The minimum atomic E-state index is -0.809. The lowest BCUT2D eigenvalue weighted by molar-refractivity contribution is -0.139. The second-order valence-electron chi connectivity index (χ2n) is 8.99. The van der Waals surface area contributed by atoms with E-state index >= 15 is 0 Å². The Morgan fingerprint density at radius 1 is 1.07 bits per heavy atom. The maximum atomic E-state index is 14.0. The molecule has 0 radical (unpaired) electrons. The molecule has 0 saturated heterocycles. The summed E-state index contributed by atoms with van der Waals surface area (Å²) in [6, 6.07) is 21.0. The van der Waals surface area contributed by atoms with Crippen LogP contribution in [0.15, 0.2) is 92.6 Å². The van der Waals surface area contributed by atoms with Gasteiger partial charge in [0.25, 0.3) is 5.56 Å². The van der Waals surface area contributed by atoms with E-state index in [1.165, 1.54) is 22.8 Å². The number of ether oxygens (including phenoxy) is 3. The van der Waals surface area contributed by atoms with Crippen LogP contribution in [-0.2, 0) is 14.3 Å². The molecule has 8 nitrogen and oxygen atoms in total. The number of rotatable bonds is 7. The first-order chi connectivity index (χ1) is 19.8. The molecule has 1 aliphatic rings. The number of methoxy groups -OCH3 is 1. The molecule has 0 aliphatic carbocycles.